The fourth-order valence-corrected chi connectivity index (χ4v) is 4.56. The summed E-state index contributed by atoms with van der Waals surface area (Å²) in [5, 5.41) is 10.2. The van der Waals surface area contributed by atoms with Crippen LogP contribution in [0.15, 0.2) is 76.6 Å². The van der Waals surface area contributed by atoms with Gasteiger partial charge in [-0.15, -0.1) is 11.3 Å². The van der Waals surface area contributed by atoms with E-state index < -0.39 is 5.97 Å². The quantitative estimate of drug-likeness (QED) is 0.273. The molecule has 0 bridgehead atoms. The van der Waals surface area contributed by atoms with Crippen LogP contribution in [0.4, 0.5) is 5.69 Å². The summed E-state index contributed by atoms with van der Waals surface area (Å²) in [5.41, 5.74) is 5.40. The third-order valence-corrected chi connectivity index (χ3v) is 6.58. The highest BCUT2D eigenvalue weighted by molar-refractivity contribution is 7.09. The third-order valence-electron chi connectivity index (χ3n) is 5.68. The number of ether oxygens (including phenoxy) is 1. The molecule has 5 aromatic rings. The smallest absolute Gasteiger partial charge is 0.338 e. The second kappa shape index (κ2) is 10.1. The third kappa shape index (κ3) is 5.18. The number of aromatic nitrogens is 2. The lowest BCUT2D eigenvalue weighted by Gasteiger charge is -2.08. The van der Waals surface area contributed by atoms with Gasteiger partial charge in [-0.2, -0.15) is 0 Å². The van der Waals surface area contributed by atoms with Crippen molar-refractivity contribution in [1.29, 1.82) is 0 Å². The van der Waals surface area contributed by atoms with E-state index in [-0.39, 0.29) is 18.9 Å². The van der Waals surface area contributed by atoms with Crippen LogP contribution in [0.5, 0.6) is 0 Å². The van der Waals surface area contributed by atoms with Crippen LogP contribution in [0, 0.1) is 13.8 Å². The van der Waals surface area contributed by atoms with E-state index in [1.807, 2.05) is 62.4 Å². The van der Waals surface area contributed by atoms with Crippen molar-refractivity contribution in [2.24, 2.45) is 0 Å². The summed E-state index contributed by atoms with van der Waals surface area (Å²) >= 11 is 1.36. The van der Waals surface area contributed by atoms with Crippen LogP contribution in [-0.2, 0) is 22.6 Å². The van der Waals surface area contributed by atoms with Gasteiger partial charge in [0, 0.05) is 16.6 Å². The van der Waals surface area contributed by atoms with E-state index in [0.29, 0.717) is 27.5 Å². The molecule has 0 aliphatic heterocycles. The molecule has 1 amide bonds. The molecule has 0 fully saturated rings. The normalized spacial score (nSPS) is 10.9. The molecule has 1 N–H and O–H groups in total. The van der Waals surface area contributed by atoms with Crippen LogP contribution < -0.4 is 5.32 Å². The molecule has 36 heavy (non-hydrogen) atoms. The number of amides is 1. The summed E-state index contributed by atoms with van der Waals surface area (Å²) in [6, 6.07) is 20.6. The number of carbonyl (C=O) groups excluding carboxylic acids is 2. The van der Waals surface area contributed by atoms with Crippen molar-refractivity contribution in [2.45, 2.75) is 26.9 Å². The molecule has 3 aromatic carbocycles. The first kappa shape index (κ1) is 23.4. The maximum absolute atomic E-state index is 12.7. The average Bonchev–Trinajstić information content (AvgIpc) is 3.51. The second-order valence-electron chi connectivity index (χ2n) is 8.46. The van der Waals surface area contributed by atoms with E-state index in [2.05, 4.69) is 15.5 Å². The average molecular weight is 498 g/mol. The molecular weight excluding hydrogens is 474 g/mol. The lowest BCUT2D eigenvalue weighted by molar-refractivity contribution is -0.115. The van der Waals surface area contributed by atoms with E-state index in [9.17, 15) is 9.59 Å². The Morgan fingerprint density at radius 2 is 1.86 bits per heavy atom. The van der Waals surface area contributed by atoms with Crippen molar-refractivity contribution in [3.05, 3.63) is 99.5 Å². The van der Waals surface area contributed by atoms with Gasteiger partial charge in [-0.1, -0.05) is 47.6 Å². The van der Waals surface area contributed by atoms with Gasteiger partial charge in [0.25, 0.3) is 0 Å². The molecule has 0 aliphatic carbocycles. The highest BCUT2D eigenvalue weighted by Gasteiger charge is 2.16. The number of benzene rings is 3. The van der Waals surface area contributed by atoms with Gasteiger partial charge in [0.1, 0.15) is 17.1 Å². The summed E-state index contributed by atoms with van der Waals surface area (Å²) in [5.74, 6) is -0.0132. The molecule has 180 valence electrons. The van der Waals surface area contributed by atoms with E-state index >= 15 is 0 Å². The van der Waals surface area contributed by atoms with Crippen molar-refractivity contribution >= 4 is 39.8 Å². The minimum absolute atomic E-state index is 0.0150. The minimum Gasteiger partial charge on any atom is -0.456 e. The maximum atomic E-state index is 12.7. The summed E-state index contributed by atoms with van der Waals surface area (Å²) in [6.07, 6.45) is 0.151. The Balaban J connectivity index is 1.21. The van der Waals surface area contributed by atoms with Crippen molar-refractivity contribution in [2.75, 3.05) is 5.32 Å². The second-order valence-corrected chi connectivity index (χ2v) is 9.40. The Kier molecular flexibility index (Phi) is 6.60. The number of carbonyl (C=O) groups is 2. The Morgan fingerprint density at radius 1 is 1.03 bits per heavy atom. The molecule has 0 atom stereocenters. The first-order chi connectivity index (χ1) is 17.5. The van der Waals surface area contributed by atoms with Crippen LogP contribution in [0.3, 0.4) is 0 Å². The molecule has 0 saturated heterocycles. The SMILES string of the molecule is Cc1ccc(C)c(NC(=O)Cc2nc(COC(=O)c3ccc4noc(-c5ccccc5)c4c3)cs2)c1. The Hall–Kier alpha value is -4.30. The van der Waals surface area contributed by atoms with E-state index in [4.69, 9.17) is 9.26 Å². The Labute approximate surface area is 211 Å². The van der Waals surface area contributed by atoms with Gasteiger partial charge in [0.2, 0.25) is 5.91 Å². The zero-order chi connectivity index (χ0) is 25.1. The molecule has 0 unspecified atom stereocenters. The first-order valence-electron chi connectivity index (χ1n) is 11.4. The van der Waals surface area contributed by atoms with E-state index in [1.54, 1.807) is 23.6 Å². The van der Waals surface area contributed by atoms with Gasteiger partial charge in [-0.25, -0.2) is 9.78 Å². The number of thiazole rings is 1. The molecule has 0 saturated carbocycles. The summed E-state index contributed by atoms with van der Waals surface area (Å²) in [7, 11) is 0. The zero-order valence-corrected chi connectivity index (χ0v) is 20.6. The number of hydrogen-bond donors (Lipinski definition) is 1. The summed E-state index contributed by atoms with van der Waals surface area (Å²) in [6.45, 7) is 3.95. The van der Waals surface area contributed by atoms with Crippen LogP contribution in [0.25, 0.3) is 22.2 Å². The Morgan fingerprint density at radius 3 is 2.69 bits per heavy atom. The number of nitrogens with zero attached hydrogens (tertiary/aromatic N) is 2. The molecule has 0 spiro atoms. The van der Waals surface area contributed by atoms with E-state index in [0.717, 1.165) is 27.8 Å². The maximum Gasteiger partial charge on any atom is 0.338 e. The highest BCUT2D eigenvalue weighted by Crippen LogP contribution is 2.29. The number of aryl methyl sites for hydroxylation is 2. The van der Waals surface area contributed by atoms with Crippen molar-refractivity contribution in [3.8, 4) is 11.3 Å². The predicted molar refractivity (Wildman–Crippen MR) is 139 cm³/mol. The van der Waals surface area contributed by atoms with Crippen LogP contribution in [0.2, 0.25) is 0 Å². The number of hydrogen-bond acceptors (Lipinski definition) is 7. The van der Waals surface area contributed by atoms with Gasteiger partial charge in [0.15, 0.2) is 5.76 Å². The lowest BCUT2D eigenvalue weighted by atomic mass is 10.1. The van der Waals surface area contributed by atoms with Gasteiger partial charge in [0.05, 0.1) is 23.1 Å². The minimum atomic E-state index is -0.473. The molecule has 0 radical (unpaired) electrons. The van der Waals surface area contributed by atoms with Crippen LogP contribution >= 0.6 is 11.3 Å². The van der Waals surface area contributed by atoms with Gasteiger partial charge in [-0.05, 0) is 49.2 Å². The number of fused-ring (bicyclic) bond motifs is 1. The number of nitrogens with one attached hydrogen (secondary N) is 1. The lowest BCUT2D eigenvalue weighted by Crippen LogP contribution is -2.15. The van der Waals surface area contributed by atoms with Crippen molar-refractivity contribution in [3.63, 3.8) is 0 Å². The Bertz CT molecular complexity index is 1560. The first-order valence-corrected chi connectivity index (χ1v) is 12.3. The fourth-order valence-electron chi connectivity index (χ4n) is 3.79. The summed E-state index contributed by atoms with van der Waals surface area (Å²) in [4.78, 5) is 29.6. The standard InChI is InChI=1S/C28H23N3O4S/c1-17-8-9-18(2)24(12-17)30-25(32)14-26-29-21(16-36-26)15-34-28(33)20-10-11-23-22(13-20)27(35-31-23)19-6-4-3-5-7-19/h3-13,16H,14-15H2,1-2H3,(H,30,32). The molecule has 7 nitrogen and oxygen atoms in total. The number of anilines is 1. The number of esters is 1. The predicted octanol–water partition coefficient (Wildman–Crippen LogP) is 6.11. The molecule has 2 heterocycles. The van der Waals surface area contributed by atoms with Gasteiger partial charge < -0.3 is 14.6 Å². The van der Waals surface area contributed by atoms with Crippen molar-refractivity contribution in [1.82, 2.24) is 10.1 Å². The van der Waals surface area contributed by atoms with Gasteiger partial charge >= 0.3 is 5.97 Å². The van der Waals surface area contributed by atoms with Gasteiger partial charge in [-0.3, -0.25) is 4.79 Å². The highest BCUT2D eigenvalue weighted by atomic mass is 32.1. The topological polar surface area (TPSA) is 94.3 Å². The monoisotopic (exact) mass is 497 g/mol. The summed E-state index contributed by atoms with van der Waals surface area (Å²) < 4.78 is 11.0. The zero-order valence-electron chi connectivity index (χ0n) is 19.8. The molecule has 2 aromatic heterocycles. The molecule has 0 aliphatic rings. The molecule has 5 rings (SSSR count). The van der Waals surface area contributed by atoms with Crippen LogP contribution in [-0.4, -0.2) is 22.0 Å². The molecular formula is C28H23N3O4S. The fraction of sp³-hybridized carbons (Fsp3) is 0.143. The number of rotatable bonds is 7. The van der Waals surface area contributed by atoms with E-state index in [1.165, 1.54) is 11.3 Å². The molecule has 8 heteroatoms. The van der Waals surface area contributed by atoms with Crippen molar-refractivity contribution < 1.29 is 18.8 Å². The van der Waals surface area contributed by atoms with Crippen LogP contribution in [0.1, 0.15) is 32.2 Å². The largest absolute Gasteiger partial charge is 0.456 e.